The summed E-state index contributed by atoms with van der Waals surface area (Å²) in [5.74, 6) is -4.24. The van der Waals surface area contributed by atoms with Crippen molar-refractivity contribution in [3.8, 4) is 0 Å². The Bertz CT molecular complexity index is 736. The van der Waals surface area contributed by atoms with E-state index < -0.39 is 47.7 Å². The van der Waals surface area contributed by atoms with Crippen LogP contribution in [0.15, 0.2) is 12.5 Å². The largest absolute Gasteiger partial charge is 0.480 e. The van der Waals surface area contributed by atoms with Gasteiger partial charge < -0.3 is 37.9 Å². The number of aromatic nitrogens is 2. The van der Waals surface area contributed by atoms with E-state index in [4.69, 9.17) is 17.2 Å². The van der Waals surface area contributed by atoms with Crippen LogP contribution in [0.5, 0.6) is 0 Å². The molecule has 1 rings (SSSR count). The number of aliphatic carboxylic acids is 1. The Kier molecular flexibility index (Phi) is 9.25. The molecule has 0 spiro atoms. The lowest BCUT2D eigenvalue weighted by Gasteiger charge is -2.22. The lowest BCUT2D eigenvalue weighted by molar-refractivity contribution is -0.142. The average molecular weight is 411 g/mol. The molecule has 0 aromatic carbocycles. The lowest BCUT2D eigenvalue weighted by atomic mass is 10.1. The molecule has 1 aromatic heterocycles. The number of aromatic amines is 1. The van der Waals surface area contributed by atoms with Crippen LogP contribution in [0.4, 0.5) is 0 Å². The molecule has 0 aliphatic heterocycles. The van der Waals surface area contributed by atoms with Crippen LogP contribution >= 0.6 is 0 Å². The van der Waals surface area contributed by atoms with Crippen molar-refractivity contribution in [3.63, 3.8) is 0 Å². The molecule has 0 bridgehead atoms. The minimum atomic E-state index is -1.32. The zero-order chi connectivity index (χ0) is 22.0. The van der Waals surface area contributed by atoms with Crippen molar-refractivity contribution in [2.24, 2.45) is 17.2 Å². The molecular formula is C16H25N7O6. The normalized spacial score (nSPS) is 13.7. The summed E-state index contributed by atoms with van der Waals surface area (Å²) in [6.45, 7) is 0. The molecule has 0 radical (unpaired) electrons. The summed E-state index contributed by atoms with van der Waals surface area (Å²) in [5, 5.41) is 14.0. The molecule has 13 heteroatoms. The molecular weight excluding hydrogens is 386 g/mol. The number of nitrogens with two attached hydrogens (primary N) is 3. The van der Waals surface area contributed by atoms with E-state index in [0.717, 1.165) is 0 Å². The molecule has 0 saturated heterocycles. The van der Waals surface area contributed by atoms with Gasteiger partial charge in [0.2, 0.25) is 23.6 Å². The van der Waals surface area contributed by atoms with Gasteiger partial charge in [0, 0.05) is 25.5 Å². The number of carbonyl (C=O) groups is 5. The molecule has 3 atom stereocenters. The van der Waals surface area contributed by atoms with Crippen LogP contribution in [0.2, 0.25) is 0 Å². The standard InChI is InChI=1S/C16H25N7O6/c17-9(1-3-12(18)24)14(26)22-10(2-4-13(19)25)15(27)23-11(16(28)29)5-8-6-20-7-21-8/h6-7,9-11H,1-5,17H2,(H2,18,24)(H2,19,25)(H,20,21)(H,22,26)(H,23,27)(H,28,29)/t9-,10-,11-/m0/s1. The minimum absolute atomic E-state index is 0.0394. The fourth-order valence-electron chi connectivity index (χ4n) is 2.35. The first-order valence-electron chi connectivity index (χ1n) is 8.73. The highest BCUT2D eigenvalue weighted by Gasteiger charge is 2.28. The van der Waals surface area contributed by atoms with E-state index in [1.165, 1.54) is 12.5 Å². The molecule has 0 fully saturated rings. The Hall–Kier alpha value is -3.48. The third-order valence-electron chi connectivity index (χ3n) is 3.93. The van der Waals surface area contributed by atoms with Gasteiger partial charge in [0.15, 0.2) is 0 Å². The van der Waals surface area contributed by atoms with Crippen molar-refractivity contribution < 1.29 is 29.1 Å². The predicted octanol–water partition coefficient (Wildman–Crippen LogP) is -3.14. The molecule has 1 heterocycles. The second-order valence-electron chi connectivity index (χ2n) is 6.34. The van der Waals surface area contributed by atoms with Gasteiger partial charge in [-0.05, 0) is 12.8 Å². The smallest absolute Gasteiger partial charge is 0.326 e. The van der Waals surface area contributed by atoms with Gasteiger partial charge >= 0.3 is 5.97 Å². The molecule has 4 amide bonds. The number of amides is 4. The zero-order valence-corrected chi connectivity index (χ0v) is 15.6. The number of carboxylic acids is 1. The number of hydrogen-bond donors (Lipinski definition) is 7. The predicted molar refractivity (Wildman–Crippen MR) is 98.6 cm³/mol. The van der Waals surface area contributed by atoms with Crippen molar-refractivity contribution >= 4 is 29.6 Å². The van der Waals surface area contributed by atoms with E-state index in [0.29, 0.717) is 5.69 Å². The molecule has 160 valence electrons. The first-order chi connectivity index (χ1) is 13.6. The third-order valence-corrected chi connectivity index (χ3v) is 3.93. The Morgan fingerprint density at radius 2 is 1.59 bits per heavy atom. The number of carboxylic acid groups (broad SMARTS) is 1. The maximum absolute atomic E-state index is 12.5. The van der Waals surface area contributed by atoms with Gasteiger partial charge in [-0.2, -0.15) is 0 Å². The van der Waals surface area contributed by atoms with Crippen molar-refractivity contribution in [1.82, 2.24) is 20.6 Å². The number of carbonyl (C=O) groups excluding carboxylic acids is 4. The van der Waals surface area contributed by atoms with Gasteiger partial charge in [-0.1, -0.05) is 0 Å². The Morgan fingerprint density at radius 3 is 2.10 bits per heavy atom. The van der Waals surface area contributed by atoms with Crippen LogP contribution < -0.4 is 27.8 Å². The Morgan fingerprint density at radius 1 is 1.00 bits per heavy atom. The quantitative estimate of drug-likeness (QED) is 0.175. The highest BCUT2D eigenvalue weighted by Crippen LogP contribution is 2.04. The fraction of sp³-hybridized carbons (Fsp3) is 0.500. The molecule has 29 heavy (non-hydrogen) atoms. The zero-order valence-electron chi connectivity index (χ0n) is 15.6. The maximum Gasteiger partial charge on any atom is 0.326 e. The summed E-state index contributed by atoms with van der Waals surface area (Å²) in [4.78, 5) is 64.6. The third kappa shape index (κ3) is 8.83. The number of nitrogens with one attached hydrogen (secondary N) is 3. The Labute approximate surface area is 165 Å². The van der Waals surface area contributed by atoms with E-state index in [2.05, 4.69) is 20.6 Å². The number of primary amides is 2. The first-order valence-corrected chi connectivity index (χ1v) is 8.73. The highest BCUT2D eigenvalue weighted by atomic mass is 16.4. The molecule has 10 N–H and O–H groups in total. The van der Waals surface area contributed by atoms with E-state index in [1.807, 2.05) is 0 Å². The summed E-state index contributed by atoms with van der Waals surface area (Å²) in [5.41, 5.74) is 16.2. The van der Waals surface area contributed by atoms with Crippen LogP contribution in [0, 0.1) is 0 Å². The number of rotatable bonds is 13. The molecule has 1 aromatic rings. The SMILES string of the molecule is NC(=O)CC[C@H](NC(=O)[C@@H](N)CCC(N)=O)C(=O)N[C@@H](Cc1c[nH]cn1)C(=O)O. The summed E-state index contributed by atoms with van der Waals surface area (Å²) in [7, 11) is 0. The lowest BCUT2D eigenvalue weighted by Crippen LogP contribution is -2.55. The van der Waals surface area contributed by atoms with E-state index in [1.54, 1.807) is 0 Å². The highest BCUT2D eigenvalue weighted by molar-refractivity contribution is 5.92. The van der Waals surface area contributed by atoms with Crippen LogP contribution in [-0.2, 0) is 30.4 Å². The molecule has 0 aliphatic carbocycles. The van der Waals surface area contributed by atoms with E-state index >= 15 is 0 Å². The molecule has 0 saturated carbocycles. The topological polar surface area (TPSA) is 236 Å². The fourth-order valence-corrected chi connectivity index (χ4v) is 2.35. The molecule has 0 aliphatic rings. The minimum Gasteiger partial charge on any atom is -0.480 e. The summed E-state index contributed by atoms with van der Waals surface area (Å²) in [6, 6.07) is -3.69. The van der Waals surface area contributed by atoms with Crippen LogP contribution in [0.3, 0.4) is 0 Å². The van der Waals surface area contributed by atoms with Gasteiger partial charge in [0.1, 0.15) is 12.1 Å². The van der Waals surface area contributed by atoms with Crippen LogP contribution in [-0.4, -0.2) is 62.8 Å². The summed E-state index contributed by atoms with van der Waals surface area (Å²) >= 11 is 0. The van der Waals surface area contributed by atoms with Crippen molar-refractivity contribution in [3.05, 3.63) is 18.2 Å². The molecule has 13 nitrogen and oxygen atoms in total. The number of imidazole rings is 1. The Balaban J connectivity index is 2.80. The summed E-state index contributed by atoms with van der Waals surface area (Å²) < 4.78 is 0. The van der Waals surface area contributed by atoms with Crippen LogP contribution in [0.25, 0.3) is 0 Å². The number of hydrogen-bond acceptors (Lipinski definition) is 7. The van der Waals surface area contributed by atoms with Crippen molar-refractivity contribution in [1.29, 1.82) is 0 Å². The second-order valence-corrected chi connectivity index (χ2v) is 6.34. The van der Waals surface area contributed by atoms with Gasteiger partial charge in [0.05, 0.1) is 18.1 Å². The van der Waals surface area contributed by atoms with Gasteiger partial charge in [-0.25, -0.2) is 9.78 Å². The van der Waals surface area contributed by atoms with Crippen molar-refractivity contribution in [2.45, 2.75) is 50.2 Å². The van der Waals surface area contributed by atoms with E-state index in [-0.39, 0.29) is 32.1 Å². The van der Waals surface area contributed by atoms with Gasteiger partial charge in [0.25, 0.3) is 0 Å². The molecule has 0 unspecified atom stereocenters. The van der Waals surface area contributed by atoms with Crippen molar-refractivity contribution in [2.75, 3.05) is 0 Å². The average Bonchev–Trinajstić information content (AvgIpc) is 3.14. The number of H-pyrrole nitrogens is 1. The van der Waals surface area contributed by atoms with Gasteiger partial charge in [-0.15, -0.1) is 0 Å². The van der Waals surface area contributed by atoms with Gasteiger partial charge in [-0.3, -0.25) is 19.2 Å². The maximum atomic E-state index is 12.5. The second kappa shape index (κ2) is 11.4. The summed E-state index contributed by atoms with van der Waals surface area (Å²) in [6.07, 6.45) is 2.18. The van der Waals surface area contributed by atoms with Crippen LogP contribution in [0.1, 0.15) is 31.4 Å². The number of nitrogens with zero attached hydrogens (tertiary/aromatic N) is 1. The monoisotopic (exact) mass is 411 g/mol. The van der Waals surface area contributed by atoms with E-state index in [9.17, 15) is 29.1 Å². The first kappa shape index (κ1) is 23.6.